The second kappa shape index (κ2) is 3.87. The summed E-state index contributed by atoms with van der Waals surface area (Å²) in [5.74, 6) is 0.770. The van der Waals surface area contributed by atoms with E-state index in [0.29, 0.717) is 0 Å². The van der Waals surface area contributed by atoms with Crippen molar-refractivity contribution in [2.24, 2.45) is 0 Å². The molecular weight excluding hydrogens is 252 g/mol. The summed E-state index contributed by atoms with van der Waals surface area (Å²) in [6.07, 6.45) is 1.80. The first kappa shape index (κ1) is 11.1. The average molecular weight is 264 g/mol. The zero-order valence-electron chi connectivity index (χ0n) is 10.9. The van der Waals surface area contributed by atoms with Crippen LogP contribution in [-0.4, -0.2) is 9.38 Å². The summed E-state index contributed by atoms with van der Waals surface area (Å²) in [6, 6.07) is 13.8. The van der Waals surface area contributed by atoms with Gasteiger partial charge in [-0.1, -0.05) is 18.2 Å². The van der Waals surface area contributed by atoms with Gasteiger partial charge in [-0.25, -0.2) is 4.79 Å². The summed E-state index contributed by atoms with van der Waals surface area (Å²) in [4.78, 5) is 14.7. The monoisotopic (exact) mass is 264 g/mol. The van der Waals surface area contributed by atoms with Crippen LogP contribution in [0.3, 0.4) is 0 Å². The van der Waals surface area contributed by atoms with Gasteiger partial charge in [0.1, 0.15) is 11.3 Å². The maximum absolute atomic E-state index is 11.9. The van der Waals surface area contributed by atoms with Gasteiger partial charge in [0.05, 0.1) is 5.52 Å². The third-order valence-electron chi connectivity index (χ3n) is 3.45. The molecule has 0 fully saturated rings. The van der Waals surface area contributed by atoms with E-state index in [1.54, 1.807) is 10.6 Å². The molecule has 4 rings (SSSR count). The van der Waals surface area contributed by atoms with Crippen LogP contribution >= 0.6 is 0 Å². The number of aryl methyl sites for hydroxylation is 1. The predicted molar refractivity (Wildman–Crippen MR) is 78.0 cm³/mol. The number of nitrogens with one attached hydrogen (secondary N) is 1. The smallest absolute Gasteiger partial charge is 0.330 e. The highest BCUT2D eigenvalue weighted by Crippen LogP contribution is 2.28. The molecule has 0 aliphatic rings. The molecule has 0 aliphatic carbocycles. The maximum atomic E-state index is 11.9. The Morgan fingerprint density at radius 2 is 2.00 bits per heavy atom. The van der Waals surface area contributed by atoms with Crippen molar-refractivity contribution in [3.05, 3.63) is 64.8 Å². The van der Waals surface area contributed by atoms with Gasteiger partial charge in [0.2, 0.25) is 0 Å². The first-order valence-corrected chi connectivity index (χ1v) is 6.42. The van der Waals surface area contributed by atoms with Crippen molar-refractivity contribution in [3.8, 4) is 11.3 Å². The molecule has 20 heavy (non-hydrogen) atoms. The topological polar surface area (TPSA) is 50.4 Å². The van der Waals surface area contributed by atoms with Crippen LogP contribution < -0.4 is 5.69 Å². The second-order valence-electron chi connectivity index (χ2n) is 4.93. The molecule has 98 valence electrons. The van der Waals surface area contributed by atoms with Crippen LogP contribution in [0, 0.1) is 6.92 Å². The Bertz CT molecular complexity index is 955. The Morgan fingerprint density at radius 3 is 2.85 bits per heavy atom. The minimum absolute atomic E-state index is 0.137. The van der Waals surface area contributed by atoms with Gasteiger partial charge < -0.3 is 9.40 Å². The number of fused-ring (bicyclic) bond motifs is 2. The van der Waals surface area contributed by atoms with Crippen LogP contribution in [0.1, 0.15) is 5.69 Å². The van der Waals surface area contributed by atoms with E-state index in [9.17, 15) is 4.79 Å². The molecule has 0 atom stereocenters. The minimum Gasteiger partial charge on any atom is -0.456 e. The van der Waals surface area contributed by atoms with Crippen molar-refractivity contribution < 1.29 is 4.42 Å². The molecule has 0 amide bonds. The van der Waals surface area contributed by atoms with Gasteiger partial charge in [-0.15, -0.1) is 0 Å². The Kier molecular flexibility index (Phi) is 2.15. The largest absolute Gasteiger partial charge is 0.456 e. The normalized spacial score (nSPS) is 11.4. The second-order valence-corrected chi connectivity index (χ2v) is 4.93. The van der Waals surface area contributed by atoms with Crippen molar-refractivity contribution in [3.63, 3.8) is 0 Å². The molecule has 0 unspecified atom stereocenters. The number of H-pyrrole nitrogens is 1. The quantitative estimate of drug-likeness (QED) is 0.573. The van der Waals surface area contributed by atoms with Gasteiger partial charge in [0.25, 0.3) is 0 Å². The molecular formula is C16H12N2O2. The number of hydrogen-bond acceptors (Lipinski definition) is 2. The molecule has 3 heterocycles. The number of furan rings is 1. The fourth-order valence-electron chi connectivity index (χ4n) is 2.51. The molecule has 4 nitrogen and oxygen atoms in total. The number of aromatic nitrogens is 2. The molecule has 0 saturated carbocycles. The lowest BCUT2D eigenvalue weighted by atomic mass is 10.2. The first-order valence-electron chi connectivity index (χ1n) is 6.42. The maximum Gasteiger partial charge on any atom is 0.330 e. The molecule has 3 aromatic heterocycles. The summed E-state index contributed by atoms with van der Waals surface area (Å²) in [6.45, 7) is 1.87. The number of rotatable bonds is 1. The van der Waals surface area contributed by atoms with Gasteiger partial charge in [-0.05, 0) is 31.2 Å². The Balaban J connectivity index is 1.97. The zero-order chi connectivity index (χ0) is 13.7. The van der Waals surface area contributed by atoms with Crippen LogP contribution in [0.2, 0.25) is 0 Å². The molecule has 1 N–H and O–H groups in total. The summed E-state index contributed by atoms with van der Waals surface area (Å²) < 4.78 is 7.42. The van der Waals surface area contributed by atoms with E-state index in [4.69, 9.17) is 4.42 Å². The standard InChI is InChI=1S/C16H12N2O2/c1-10-6-13-7-12(9-18(13)16(19)17-10)15-8-11-4-2-3-5-14(11)20-15/h2-9H,1H3,(H,17,19). The van der Waals surface area contributed by atoms with E-state index in [0.717, 1.165) is 33.5 Å². The lowest BCUT2D eigenvalue weighted by molar-refractivity contribution is 0.631. The van der Waals surface area contributed by atoms with E-state index in [1.807, 2.05) is 49.4 Å². The van der Waals surface area contributed by atoms with E-state index >= 15 is 0 Å². The fourth-order valence-corrected chi connectivity index (χ4v) is 2.51. The lowest BCUT2D eigenvalue weighted by Gasteiger charge is -1.94. The zero-order valence-corrected chi connectivity index (χ0v) is 10.9. The van der Waals surface area contributed by atoms with Gasteiger partial charge in [-0.2, -0.15) is 0 Å². The lowest BCUT2D eigenvalue weighted by Crippen LogP contribution is -2.15. The highest BCUT2D eigenvalue weighted by atomic mass is 16.3. The van der Waals surface area contributed by atoms with Crippen LogP contribution in [0.4, 0.5) is 0 Å². The molecule has 0 saturated heterocycles. The average Bonchev–Trinajstić information content (AvgIpc) is 3.01. The summed E-state index contributed by atoms with van der Waals surface area (Å²) in [7, 11) is 0. The number of benzene rings is 1. The van der Waals surface area contributed by atoms with E-state index in [2.05, 4.69) is 4.98 Å². The van der Waals surface area contributed by atoms with Crippen LogP contribution in [0.25, 0.3) is 27.8 Å². The van der Waals surface area contributed by atoms with Crippen molar-refractivity contribution >= 4 is 16.5 Å². The van der Waals surface area contributed by atoms with Crippen LogP contribution in [0.15, 0.2) is 57.9 Å². The van der Waals surface area contributed by atoms with Gasteiger partial charge in [0, 0.05) is 22.8 Å². The number of nitrogens with zero attached hydrogens (tertiary/aromatic N) is 1. The van der Waals surface area contributed by atoms with Crippen molar-refractivity contribution in [1.29, 1.82) is 0 Å². The summed E-state index contributed by atoms with van der Waals surface area (Å²) in [5.41, 5.74) is 3.32. The SMILES string of the molecule is Cc1cc2cc(-c3cc4ccccc4o3)cn2c(=O)[nH]1. The van der Waals surface area contributed by atoms with Crippen LogP contribution in [-0.2, 0) is 0 Å². The molecule has 0 aliphatic heterocycles. The van der Waals surface area contributed by atoms with Crippen molar-refractivity contribution in [2.75, 3.05) is 0 Å². The highest BCUT2D eigenvalue weighted by Gasteiger charge is 2.09. The fraction of sp³-hybridized carbons (Fsp3) is 0.0625. The summed E-state index contributed by atoms with van der Waals surface area (Å²) >= 11 is 0. The van der Waals surface area contributed by atoms with E-state index in [1.165, 1.54) is 0 Å². The molecule has 0 radical (unpaired) electrons. The molecule has 1 aromatic carbocycles. The third-order valence-corrected chi connectivity index (χ3v) is 3.45. The molecule has 0 bridgehead atoms. The van der Waals surface area contributed by atoms with Crippen molar-refractivity contribution in [2.45, 2.75) is 6.92 Å². The molecule has 4 aromatic rings. The van der Waals surface area contributed by atoms with Crippen LogP contribution in [0.5, 0.6) is 0 Å². The van der Waals surface area contributed by atoms with E-state index in [-0.39, 0.29) is 5.69 Å². The molecule has 0 spiro atoms. The van der Waals surface area contributed by atoms with E-state index < -0.39 is 0 Å². The van der Waals surface area contributed by atoms with Crippen molar-refractivity contribution in [1.82, 2.24) is 9.38 Å². The summed E-state index contributed by atoms with van der Waals surface area (Å²) in [5, 5.41) is 1.06. The molecule has 4 heteroatoms. The third kappa shape index (κ3) is 1.58. The number of aromatic amines is 1. The number of para-hydroxylation sites is 1. The van der Waals surface area contributed by atoms with Gasteiger partial charge in [0.15, 0.2) is 0 Å². The Hall–Kier alpha value is -2.75. The first-order chi connectivity index (χ1) is 9.70. The van der Waals surface area contributed by atoms with Gasteiger partial charge >= 0.3 is 5.69 Å². The minimum atomic E-state index is -0.137. The highest BCUT2D eigenvalue weighted by molar-refractivity contribution is 5.83. The Labute approximate surface area is 114 Å². The predicted octanol–water partition coefficient (Wildman–Crippen LogP) is 3.35. The Morgan fingerprint density at radius 1 is 1.15 bits per heavy atom. The van der Waals surface area contributed by atoms with Gasteiger partial charge in [-0.3, -0.25) is 4.40 Å². The number of hydrogen-bond donors (Lipinski definition) is 1.